The van der Waals surface area contributed by atoms with E-state index in [1.807, 2.05) is 23.9 Å². The second-order valence-electron chi connectivity index (χ2n) is 2.17. The molecule has 2 N–H and O–H groups in total. The summed E-state index contributed by atoms with van der Waals surface area (Å²) in [5.74, 6) is 0. The molecule has 0 bridgehead atoms. The summed E-state index contributed by atoms with van der Waals surface area (Å²) in [5, 5.41) is 2.19. The highest BCUT2D eigenvalue weighted by Crippen LogP contribution is 1.95. The molecule has 5 heteroatoms. The van der Waals surface area contributed by atoms with Crippen LogP contribution in [-0.2, 0) is 7.05 Å². The van der Waals surface area contributed by atoms with Crippen molar-refractivity contribution >= 4 is 28.7 Å². The predicted octanol–water partition coefficient (Wildman–Crippen LogP) is 0.539. The Morgan fingerprint density at radius 1 is 1.82 bits per heavy atom. The van der Waals surface area contributed by atoms with Gasteiger partial charge in [-0.2, -0.15) is 4.99 Å². The Labute approximate surface area is 74.2 Å². The monoisotopic (exact) mass is 187 g/mol. The molecule has 3 nitrogen and oxygen atoms in total. The van der Waals surface area contributed by atoms with Gasteiger partial charge in [-0.15, -0.1) is 11.3 Å². The predicted molar refractivity (Wildman–Crippen MR) is 50.4 cm³/mol. The number of aryl methyl sites for hydroxylation is 1. The van der Waals surface area contributed by atoms with E-state index in [0.717, 1.165) is 10.5 Å². The van der Waals surface area contributed by atoms with Crippen LogP contribution in [0.3, 0.4) is 0 Å². The molecule has 0 saturated carbocycles. The fraction of sp³-hybridized carbons (Fsp3) is 0.333. The summed E-state index contributed by atoms with van der Waals surface area (Å²) in [7, 11) is 1.93. The Kier molecular flexibility index (Phi) is 2.41. The van der Waals surface area contributed by atoms with Crippen LogP contribution in [0.15, 0.2) is 10.4 Å². The van der Waals surface area contributed by atoms with Crippen LogP contribution < -0.4 is 10.5 Å². The average molecular weight is 187 g/mol. The molecule has 0 aliphatic rings. The van der Waals surface area contributed by atoms with Crippen molar-refractivity contribution < 1.29 is 0 Å². The molecule has 1 aromatic heterocycles. The van der Waals surface area contributed by atoms with Gasteiger partial charge in [0.1, 0.15) is 0 Å². The maximum Gasteiger partial charge on any atom is 0.192 e. The van der Waals surface area contributed by atoms with Crippen LogP contribution in [0.25, 0.3) is 0 Å². The number of thiazole rings is 1. The van der Waals surface area contributed by atoms with Gasteiger partial charge >= 0.3 is 0 Å². The van der Waals surface area contributed by atoms with Gasteiger partial charge in [0.05, 0.1) is 0 Å². The largest absolute Gasteiger partial charge is 0.374 e. The lowest BCUT2D eigenvalue weighted by molar-refractivity contribution is 0.838. The highest BCUT2D eigenvalue weighted by Gasteiger charge is 1.93. The van der Waals surface area contributed by atoms with Crippen molar-refractivity contribution in [3.05, 3.63) is 15.9 Å². The van der Waals surface area contributed by atoms with E-state index in [9.17, 15) is 0 Å². The van der Waals surface area contributed by atoms with Gasteiger partial charge in [-0.25, -0.2) is 0 Å². The third-order valence-corrected chi connectivity index (χ3v) is 2.48. The van der Waals surface area contributed by atoms with Crippen molar-refractivity contribution in [1.29, 1.82) is 0 Å². The van der Waals surface area contributed by atoms with Gasteiger partial charge in [0.25, 0.3) is 0 Å². The van der Waals surface area contributed by atoms with Crippen molar-refractivity contribution in [3.8, 4) is 0 Å². The summed E-state index contributed by atoms with van der Waals surface area (Å²) >= 11 is 6.18. The molecular weight excluding hydrogens is 178 g/mol. The van der Waals surface area contributed by atoms with Crippen LogP contribution in [0.2, 0.25) is 0 Å². The number of nitrogens with zero attached hydrogens (tertiary/aromatic N) is 2. The molecule has 11 heavy (non-hydrogen) atoms. The lowest BCUT2D eigenvalue weighted by atomic mass is 10.6. The molecule has 1 heterocycles. The molecule has 0 fully saturated rings. The Morgan fingerprint density at radius 3 is 2.82 bits per heavy atom. The molecule has 0 spiro atoms. The number of hydrogen-bond acceptors (Lipinski definition) is 2. The third kappa shape index (κ3) is 1.87. The smallest absolute Gasteiger partial charge is 0.192 e. The Balaban J connectivity index is 3.25. The molecule has 1 rings (SSSR count). The Morgan fingerprint density at radius 2 is 2.45 bits per heavy atom. The number of thiocarbonyl (C=S) groups is 1. The van der Waals surface area contributed by atoms with E-state index >= 15 is 0 Å². The zero-order chi connectivity index (χ0) is 8.43. The molecule has 0 saturated heterocycles. The van der Waals surface area contributed by atoms with Gasteiger partial charge in [0, 0.05) is 18.1 Å². The molecule has 0 unspecified atom stereocenters. The first-order valence-corrected chi connectivity index (χ1v) is 4.35. The van der Waals surface area contributed by atoms with Gasteiger partial charge in [-0.05, 0) is 19.1 Å². The minimum atomic E-state index is 0.183. The van der Waals surface area contributed by atoms with Crippen LogP contribution >= 0.6 is 23.6 Å². The molecule has 0 amide bonds. The first-order valence-electron chi connectivity index (χ1n) is 3.06. The van der Waals surface area contributed by atoms with Crippen molar-refractivity contribution in [1.82, 2.24) is 4.57 Å². The number of rotatable bonds is 0. The summed E-state index contributed by atoms with van der Waals surface area (Å²) in [6.45, 7) is 2.01. The molecule has 0 aliphatic carbocycles. The third-order valence-electron chi connectivity index (χ3n) is 1.36. The molecule has 0 aromatic carbocycles. The Bertz CT molecular complexity index is 334. The van der Waals surface area contributed by atoms with Crippen molar-refractivity contribution in [3.63, 3.8) is 0 Å². The quantitative estimate of drug-likeness (QED) is 0.602. The topological polar surface area (TPSA) is 43.3 Å². The van der Waals surface area contributed by atoms with E-state index in [1.165, 1.54) is 11.3 Å². The molecule has 0 radical (unpaired) electrons. The van der Waals surface area contributed by atoms with Crippen LogP contribution in [0.5, 0.6) is 0 Å². The van der Waals surface area contributed by atoms with Gasteiger partial charge < -0.3 is 10.3 Å². The Hall–Kier alpha value is -0.680. The van der Waals surface area contributed by atoms with Crippen molar-refractivity contribution in [2.75, 3.05) is 0 Å². The minimum Gasteiger partial charge on any atom is -0.374 e. The summed E-state index contributed by atoms with van der Waals surface area (Å²) in [5.41, 5.74) is 6.42. The second kappa shape index (κ2) is 3.15. The van der Waals surface area contributed by atoms with Crippen molar-refractivity contribution in [2.45, 2.75) is 6.92 Å². The second-order valence-corrected chi connectivity index (χ2v) is 3.42. The lowest BCUT2D eigenvalue weighted by Crippen LogP contribution is -2.17. The maximum atomic E-state index is 5.26. The van der Waals surface area contributed by atoms with E-state index in [0.29, 0.717) is 0 Å². The highest BCUT2D eigenvalue weighted by atomic mass is 32.1. The molecule has 0 aliphatic heterocycles. The van der Waals surface area contributed by atoms with Crippen molar-refractivity contribution in [2.24, 2.45) is 17.8 Å². The summed E-state index contributed by atoms with van der Waals surface area (Å²) in [6.07, 6.45) is 0. The van der Waals surface area contributed by atoms with Crippen LogP contribution in [-0.4, -0.2) is 9.68 Å². The highest BCUT2D eigenvalue weighted by molar-refractivity contribution is 7.80. The van der Waals surface area contributed by atoms with E-state index in [2.05, 4.69) is 17.2 Å². The first kappa shape index (κ1) is 8.42. The van der Waals surface area contributed by atoms with E-state index in [-0.39, 0.29) is 5.11 Å². The molecule has 60 valence electrons. The van der Waals surface area contributed by atoms with Crippen LogP contribution in [0, 0.1) is 6.92 Å². The summed E-state index contributed by atoms with van der Waals surface area (Å²) in [4.78, 5) is 4.81. The van der Waals surface area contributed by atoms with Gasteiger partial charge in [-0.3, -0.25) is 0 Å². The van der Waals surface area contributed by atoms with E-state index < -0.39 is 0 Å². The van der Waals surface area contributed by atoms with Gasteiger partial charge in [0.15, 0.2) is 9.91 Å². The standard InChI is InChI=1S/C6H9N3S2/c1-4-3-11-6(9(4)2)8-5(7)10/h3H,1-2H3,(H2,7,10). The molecule has 0 atom stereocenters. The SMILES string of the molecule is Cc1csc(=NC(N)=S)n1C. The zero-order valence-corrected chi connectivity index (χ0v) is 8.00. The molecular formula is C6H9N3S2. The lowest BCUT2D eigenvalue weighted by Gasteiger charge is -1.92. The number of aromatic nitrogens is 1. The van der Waals surface area contributed by atoms with Crippen LogP contribution in [0.4, 0.5) is 0 Å². The fourth-order valence-corrected chi connectivity index (χ4v) is 1.67. The van der Waals surface area contributed by atoms with E-state index in [1.54, 1.807) is 0 Å². The number of hydrogen-bond donors (Lipinski definition) is 1. The van der Waals surface area contributed by atoms with E-state index in [4.69, 9.17) is 5.73 Å². The zero-order valence-electron chi connectivity index (χ0n) is 6.37. The molecule has 1 aromatic rings. The number of nitrogens with two attached hydrogens (primary N) is 1. The normalized spacial score (nSPS) is 12.0. The average Bonchev–Trinajstić information content (AvgIpc) is 2.18. The van der Waals surface area contributed by atoms with Gasteiger partial charge in [0.2, 0.25) is 0 Å². The maximum absolute atomic E-state index is 5.26. The van der Waals surface area contributed by atoms with Gasteiger partial charge in [-0.1, -0.05) is 0 Å². The summed E-state index contributed by atoms with van der Waals surface area (Å²) in [6, 6.07) is 0. The minimum absolute atomic E-state index is 0.183. The summed E-state index contributed by atoms with van der Waals surface area (Å²) < 4.78 is 1.95. The van der Waals surface area contributed by atoms with Crippen LogP contribution in [0.1, 0.15) is 5.69 Å². The fourth-order valence-electron chi connectivity index (χ4n) is 0.643. The first-order chi connectivity index (χ1) is 5.11.